The lowest BCUT2D eigenvalue weighted by Crippen LogP contribution is -2.49. The number of thioether (sulfide) groups is 1. The zero-order valence-electron chi connectivity index (χ0n) is 20.2. The molecule has 2 aromatic rings. The molecule has 2 atom stereocenters. The minimum absolute atomic E-state index is 0.0233. The van der Waals surface area contributed by atoms with Crippen LogP contribution in [0.4, 0.5) is 9.18 Å². The van der Waals surface area contributed by atoms with Crippen molar-refractivity contribution >= 4 is 23.8 Å². The summed E-state index contributed by atoms with van der Waals surface area (Å²) in [5.41, 5.74) is 1.61. The van der Waals surface area contributed by atoms with Gasteiger partial charge in [-0.2, -0.15) is 0 Å². The van der Waals surface area contributed by atoms with Gasteiger partial charge in [0.2, 0.25) is 0 Å². The van der Waals surface area contributed by atoms with E-state index in [0.29, 0.717) is 16.4 Å². The molecule has 0 aliphatic carbocycles. The summed E-state index contributed by atoms with van der Waals surface area (Å²) in [4.78, 5) is 27.1. The predicted octanol–water partition coefficient (Wildman–Crippen LogP) is 3.56. The number of urea groups is 1. The molecule has 11 heteroatoms. The maximum absolute atomic E-state index is 13.7. The fourth-order valence-corrected chi connectivity index (χ4v) is 5.40. The fourth-order valence-electron chi connectivity index (χ4n) is 4.48. The lowest BCUT2D eigenvalue weighted by Gasteiger charge is -2.32. The molecule has 35 heavy (non-hydrogen) atoms. The molecular weight excluding hydrogens is 471 g/mol. The molecule has 0 radical (unpaired) electrons. The van der Waals surface area contributed by atoms with Gasteiger partial charge in [0.1, 0.15) is 5.82 Å². The summed E-state index contributed by atoms with van der Waals surface area (Å²) in [5, 5.41) is 15.0. The number of benzene rings is 1. The number of nitrogens with zero attached hydrogens (tertiary/aromatic N) is 4. The number of hydrogen-bond acceptors (Lipinski definition) is 7. The van der Waals surface area contributed by atoms with E-state index in [9.17, 15) is 14.0 Å². The van der Waals surface area contributed by atoms with Gasteiger partial charge in [0.05, 0.1) is 24.3 Å². The maximum Gasteiger partial charge on any atom is 0.337 e. The van der Waals surface area contributed by atoms with Crippen molar-refractivity contribution < 1.29 is 18.7 Å². The third-order valence-corrected chi connectivity index (χ3v) is 7.22. The molecule has 2 aliphatic rings. The number of amides is 2. The number of halogens is 1. The van der Waals surface area contributed by atoms with Crippen molar-refractivity contribution in [1.82, 2.24) is 30.3 Å². The molecule has 4 rings (SSSR count). The first-order valence-electron chi connectivity index (χ1n) is 11.9. The quantitative estimate of drug-likeness (QED) is 0.420. The number of nitrogens with one attached hydrogen (secondary N) is 2. The van der Waals surface area contributed by atoms with Crippen molar-refractivity contribution in [3.63, 3.8) is 0 Å². The first-order valence-corrected chi connectivity index (χ1v) is 12.9. The largest absolute Gasteiger partial charge is 0.463 e. The van der Waals surface area contributed by atoms with E-state index >= 15 is 0 Å². The van der Waals surface area contributed by atoms with Gasteiger partial charge in [-0.3, -0.25) is 9.47 Å². The van der Waals surface area contributed by atoms with Gasteiger partial charge in [-0.25, -0.2) is 14.0 Å². The topological polar surface area (TPSA) is 101 Å². The first kappa shape index (κ1) is 25.2. The summed E-state index contributed by atoms with van der Waals surface area (Å²) >= 11 is 1.35. The highest BCUT2D eigenvalue weighted by molar-refractivity contribution is 7.99. The van der Waals surface area contributed by atoms with Crippen LogP contribution < -0.4 is 10.6 Å². The average molecular weight is 503 g/mol. The Labute approximate surface area is 208 Å². The van der Waals surface area contributed by atoms with E-state index in [-0.39, 0.29) is 30.2 Å². The number of aromatic nitrogens is 3. The molecule has 3 heterocycles. The minimum Gasteiger partial charge on any atom is -0.463 e. The molecule has 0 saturated carbocycles. The second-order valence-corrected chi connectivity index (χ2v) is 9.59. The Bertz CT molecular complexity index is 1100. The van der Waals surface area contributed by atoms with Crippen molar-refractivity contribution in [3.05, 3.63) is 47.2 Å². The highest BCUT2D eigenvalue weighted by Gasteiger charge is 2.31. The summed E-state index contributed by atoms with van der Waals surface area (Å²) < 4.78 is 20.8. The second-order valence-electron chi connectivity index (χ2n) is 8.65. The Balaban J connectivity index is 1.66. The van der Waals surface area contributed by atoms with Gasteiger partial charge in [0.15, 0.2) is 11.0 Å². The monoisotopic (exact) mass is 502 g/mol. The smallest absolute Gasteiger partial charge is 0.337 e. The highest BCUT2D eigenvalue weighted by atomic mass is 32.2. The van der Waals surface area contributed by atoms with Crippen LogP contribution in [0, 0.1) is 5.82 Å². The number of carbonyl (C=O) groups is 2. The Kier molecular flexibility index (Phi) is 8.07. The van der Waals surface area contributed by atoms with E-state index in [4.69, 9.17) is 4.74 Å². The van der Waals surface area contributed by atoms with Crippen LogP contribution in [0.3, 0.4) is 0 Å². The highest BCUT2D eigenvalue weighted by Crippen LogP contribution is 2.31. The van der Waals surface area contributed by atoms with E-state index in [1.165, 1.54) is 30.3 Å². The van der Waals surface area contributed by atoms with Gasteiger partial charge in [-0.1, -0.05) is 18.2 Å². The zero-order valence-corrected chi connectivity index (χ0v) is 21.0. The number of carbonyl (C=O) groups excluding carboxylic acids is 2. The van der Waals surface area contributed by atoms with Gasteiger partial charge in [0, 0.05) is 17.1 Å². The molecule has 2 N–H and O–H groups in total. The van der Waals surface area contributed by atoms with Crippen LogP contribution in [0.25, 0.3) is 5.69 Å². The molecule has 2 unspecified atom stereocenters. The predicted molar refractivity (Wildman–Crippen MR) is 131 cm³/mol. The van der Waals surface area contributed by atoms with Gasteiger partial charge in [-0.05, 0) is 71.0 Å². The third-order valence-electron chi connectivity index (χ3n) is 6.27. The SMILES string of the molecule is CCOC(=O)C1=C(CSc2nnc(C(C)N3CCCCC3)n2-c2ccc(F)cc2)NC(=O)NC1C. The standard InChI is InChI=1S/C24H31FN6O3S/c1-4-34-22(32)20-15(2)26-23(33)27-19(20)14-35-24-29-28-21(16(3)30-12-6-5-7-13-30)31(24)18-10-8-17(25)9-11-18/h8-11,15-16H,4-7,12-14H2,1-3H3,(H2,26,27,33). The second kappa shape index (κ2) is 11.2. The van der Waals surface area contributed by atoms with E-state index in [1.54, 1.807) is 26.0 Å². The van der Waals surface area contributed by atoms with Gasteiger partial charge < -0.3 is 15.4 Å². The molecule has 1 aromatic heterocycles. The molecule has 1 saturated heterocycles. The zero-order chi connectivity index (χ0) is 24.9. The van der Waals surface area contributed by atoms with Gasteiger partial charge in [-0.15, -0.1) is 10.2 Å². The number of rotatable bonds is 8. The van der Waals surface area contributed by atoms with Crippen LogP contribution in [-0.4, -0.2) is 63.2 Å². The van der Waals surface area contributed by atoms with Gasteiger partial charge >= 0.3 is 12.0 Å². The summed E-state index contributed by atoms with van der Waals surface area (Å²) in [6.07, 6.45) is 3.52. The van der Waals surface area contributed by atoms with Crippen LogP contribution in [0.5, 0.6) is 0 Å². The van der Waals surface area contributed by atoms with Crippen molar-refractivity contribution in [2.24, 2.45) is 0 Å². The van der Waals surface area contributed by atoms with Crippen LogP contribution in [-0.2, 0) is 9.53 Å². The third kappa shape index (κ3) is 5.67. The molecule has 1 aromatic carbocycles. The molecule has 9 nitrogen and oxygen atoms in total. The van der Waals surface area contributed by atoms with Crippen LogP contribution >= 0.6 is 11.8 Å². The summed E-state index contributed by atoms with van der Waals surface area (Å²) in [6, 6.07) is 5.39. The molecule has 0 spiro atoms. The van der Waals surface area contributed by atoms with Crippen LogP contribution in [0.2, 0.25) is 0 Å². The Morgan fingerprint density at radius 3 is 2.63 bits per heavy atom. The number of likely N-dealkylation sites (tertiary alicyclic amines) is 1. The number of hydrogen-bond donors (Lipinski definition) is 2. The molecule has 0 bridgehead atoms. The van der Waals surface area contributed by atoms with Crippen LogP contribution in [0.15, 0.2) is 40.7 Å². The first-order chi connectivity index (χ1) is 16.9. The van der Waals surface area contributed by atoms with E-state index in [0.717, 1.165) is 37.4 Å². The minimum atomic E-state index is -0.483. The molecule has 188 valence electrons. The van der Waals surface area contributed by atoms with Crippen molar-refractivity contribution in [3.8, 4) is 5.69 Å². The Morgan fingerprint density at radius 2 is 1.94 bits per heavy atom. The normalized spacial score (nSPS) is 19.8. The van der Waals surface area contributed by atoms with Crippen molar-refractivity contribution in [1.29, 1.82) is 0 Å². The average Bonchev–Trinajstić information content (AvgIpc) is 3.27. The Morgan fingerprint density at radius 1 is 1.23 bits per heavy atom. The van der Waals surface area contributed by atoms with Crippen molar-refractivity contribution in [2.45, 2.75) is 57.3 Å². The molecule has 1 fully saturated rings. The molecular formula is C24H31FN6O3S. The van der Waals surface area contributed by atoms with Gasteiger partial charge in [0.25, 0.3) is 0 Å². The number of esters is 1. The molecule has 2 aliphatic heterocycles. The van der Waals surface area contributed by atoms with Crippen LogP contribution in [0.1, 0.15) is 51.9 Å². The van der Waals surface area contributed by atoms with Crippen molar-refractivity contribution in [2.75, 3.05) is 25.4 Å². The van der Waals surface area contributed by atoms with E-state index in [2.05, 4.69) is 32.7 Å². The summed E-state index contributed by atoms with van der Waals surface area (Å²) in [7, 11) is 0. The lowest BCUT2D eigenvalue weighted by atomic mass is 10.1. The molecule has 2 amide bonds. The number of ether oxygens (including phenoxy) is 1. The van der Waals surface area contributed by atoms with E-state index < -0.39 is 12.0 Å². The fraction of sp³-hybridized carbons (Fsp3) is 0.500. The summed E-state index contributed by atoms with van der Waals surface area (Å²) in [5.74, 6) is 0.256. The lowest BCUT2D eigenvalue weighted by molar-refractivity contribution is -0.138. The van der Waals surface area contributed by atoms with E-state index in [1.807, 2.05) is 4.57 Å². The Hall–Kier alpha value is -2.92. The summed E-state index contributed by atoms with van der Waals surface area (Å²) in [6.45, 7) is 7.82. The number of piperidine rings is 1. The maximum atomic E-state index is 13.7.